The lowest BCUT2D eigenvalue weighted by Gasteiger charge is -2.33. The summed E-state index contributed by atoms with van der Waals surface area (Å²) in [5.41, 5.74) is 0.999. The number of likely N-dealkylation sites (tertiary alicyclic amines) is 1. The Morgan fingerprint density at radius 3 is 2.88 bits per heavy atom. The average Bonchev–Trinajstić information content (AvgIpc) is 2.66. The number of carbonyl (C=O) groups excluding carboxylic acids is 1. The number of carbonyl (C=O) groups is 2. The van der Waals surface area contributed by atoms with Crippen LogP contribution in [0, 0.1) is 5.92 Å². The van der Waals surface area contributed by atoms with Crippen LogP contribution in [0.1, 0.15) is 31.2 Å². The summed E-state index contributed by atoms with van der Waals surface area (Å²) in [6.07, 6.45) is 3.12. The normalized spacial score (nSPS) is 17.3. The fourth-order valence-corrected chi connectivity index (χ4v) is 3.73. The fraction of sp³-hybridized carbons (Fsp3) is 0.429. The second kappa shape index (κ2) is 8.21. The summed E-state index contributed by atoms with van der Waals surface area (Å²) in [5, 5.41) is 11.0. The predicted molar refractivity (Wildman–Crippen MR) is 100 cm³/mol. The highest BCUT2D eigenvalue weighted by Crippen LogP contribution is 2.26. The molecule has 5 nitrogen and oxygen atoms in total. The molecule has 3 rings (SSSR count). The standard InChI is InChI=1S/C21H25NO4/c1-26-18-9-8-16-5-2-6-17(19(16)13-18)12-20(23)22-11-3-4-15(14-22)7-10-21(24)25/h2,5-6,8-9,13,15H,3-4,7,10-12,14H2,1H3,(H,24,25). The van der Waals surface area contributed by atoms with Gasteiger partial charge < -0.3 is 14.7 Å². The van der Waals surface area contributed by atoms with Crippen molar-refractivity contribution in [2.24, 2.45) is 5.92 Å². The van der Waals surface area contributed by atoms with Gasteiger partial charge in [-0.3, -0.25) is 9.59 Å². The van der Waals surface area contributed by atoms with Crippen LogP contribution in [0.15, 0.2) is 36.4 Å². The summed E-state index contributed by atoms with van der Waals surface area (Å²) in [6.45, 7) is 1.43. The first kappa shape index (κ1) is 18.2. The van der Waals surface area contributed by atoms with E-state index in [1.54, 1.807) is 7.11 Å². The molecule has 5 heteroatoms. The van der Waals surface area contributed by atoms with Crippen LogP contribution in [-0.4, -0.2) is 42.1 Å². The van der Waals surface area contributed by atoms with E-state index in [1.165, 1.54) is 0 Å². The van der Waals surface area contributed by atoms with Gasteiger partial charge in [0.1, 0.15) is 5.75 Å². The zero-order chi connectivity index (χ0) is 18.5. The van der Waals surface area contributed by atoms with E-state index in [0.29, 0.717) is 19.4 Å². The molecule has 0 saturated carbocycles. The van der Waals surface area contributed by atoms with Gasteiger partial charge in [0.2, 0.25) is 5.91 Å². The zero-order valence-corrected chi connectivity index (χ0v) is 15.1. The molecule has 0 spiro atoms. The minimum absolute atomic E-state index is 0.111. The van der Waals surface area contributed by atoms with E-state index in [0.717, 1.165) is 41.5 Å². The number of ether oxygens (including phenoxy) is 1. The van der Waals surface area contributed by atoms with E-state index in [4.69, 9.17) is 9.84 Å². The third-order valence-corrected chi connectivity index (χ3v) is 5.16. The number of rotatable bonds is 6. The molecule has 1 N–H and O–H groups in total. The quantitative estimate of drug-likeness (QED) is 0.861. The van der Waals surface area contributed by atoms with Crippen molar-refractivity contribution in [1.29, 1.82) is 0 Å². The Bertz CT molecular complexity index is 802. The van der Waals surface area contributed by atoms with Gasteiger partial charge in [0.05, 0.1) is 13.5 Å². The Labute approximate surface area is 153 Å². The predicted octanol–water partition coefficient (Wildman–Crippen LogP) is 3.49. The van der Waals surface area contributed by atoms with E-state index >= 15 is 0 Å². The van der Waals surface area contributed by atoms with Crippen molar-refractivity contribution in [3.8, 4) is 5.75 Å². The lowest BCUT2D eigenvalue weighted by Crippen LogP contribution is -2.40. The molecule has 1 heterocycles. The van der Waals surface area contributed by atoms with Crippen LogP contribution in [0.2, 0.25) is 0 Å². The van der Waals surface area contributed by atoms with E-state index in [-0.39, 0.29) is 18.2 Å². The van der Waals surface area contributed by atoms with Gasteiger partial charge >= 0.3 is 5.97 Å². The SMILES string of the molecule is COc1ccc2cccc(CC(=O)N3CCCC(CCC(=O)O)C3)c2c1. The van der Waals surface area contributed by atoms with Crippen LogP contribution < -0.4 is 4.74 Å². The largest absolute Gasteiger partial charge is 0.497 e. The molecule has 26 heavy (non-hydrogen) atoms. The van der Waals surface area contributed by atoms with Gasteiger partial charge in [-0.15, -0.1) is 0 Å². The third kappa shape index (κ3) is 4.34. The lowest BCUT2D eigenvalue weighted by atomic mass is 9.93. The van der Waals surface area contributed by atoms with Gasteiger partial charge in [-0.2, -0.15) is 0 Å². The van der Waals surface area contributed by atoms with E-state index < -0.39 is 5.97 Å². The molecular formula is C21H25NO4. The molecule has 1 unspecified atom stereocenters. The van der Waals surface area contributed by atoms with Gasteiger partial charge in [0, 0.05) is 19.5 Å². The molecule has 1 saturated heterocycles. The third-order valence-electron chi connectivity index (χ3n) is 5.16. The van der Waals surface area contributed by atoms with Crippen molar-refractivity contribution in [3.05, 3.63) is 42.0 Å². The maximum atomic E-state index is 12.8. The van der Waals surface area contributed by atoms with Gasteiger partial charge in [0.15, 0.2) is 0 Å². The van der Waals surface area contributed by atoms with E-state index in [1.807, 2.05) is 41.3 Å². The maximum absolute atomic E-state index is 12.8. The summed E-state index contributed by atoms with van der Waals surface area (Å²) < 4.78 is 5.32. The number of amides is 1. The highest BCUT2D eigenvalue weighted by molar-refractivity contribution is 5.91. The number of piperidine rings is 1. The molecule has 1 amide bonds. The molecule has 138 valence electrons. The second-order valence-corrected chi connectivity index (χ2v) is 6.96. The van der Waals surface area contributed by atoms with Crippen molar-refractivity contribution < 1.29 is 19.4 Å². The Morgan fingerprint density at radius 2 is 2.12 bits per heavy atom. The molecule has 1 atom stereocenters. The maximum Gasteiger partial charge on any atom is 0.303 e. The molecule has 0 aliphatic carbocycles. The minimum atomic E-state index is -0.766. The number of fused-ring (bicyclic) bond motifs is 1. The van der Waals surface area contributed by atoms with Crippen molar-refractivity contribution in [2.45, 2.75) is 32.1 Å². The Kier molecular flexibility index (Phi) is 5.76. The number of hydrogen-bond donors (Lipinski definition) is 1. The van der Waals surface area contributed by atoms with Crippen molar-refractivity contribution in [2.75, 3.05) is 20.2 Å². The van der Waals surface area contributed by atoms with Crippen LogP contribution in [0.5, 0.6) is 5.75 Å². The summed E-state index contributed by atoms with van der Waals surface area (Å²) in [6, 6.07) is 11.9. The van der Waals surface area contributed by atoms with Crippen LogP contribution in [0.4, 0.5) is 0 Å². The van der Waals surface area contributed by atoms with Crippen LogP contribution >= 0.6 is 0 Å². The van der Waals surface area contributed by atoms with Gasteiger partial charge in [-0.25, -0.2) is 0 Å². The Morgan fingerprint density at radius 1 is 1.27 bits per heavy atom. The molecule has 2 aromatic rings. The molecule has 1 fully saturated rings. The van der Waals surface area contributed by atoms with Crippen molar-refractivity contribution in [1.82, 2.24) is 4.90 Å². The number of benzene rings is 2. The number of carboxylic acid groups (broad SMARTS) is 1. The Hall–Kier alpha value is -2.56. The van der Waals surface area contributed by atoms with Gasteiger partial charge in [0.25, 0.3) is 0 Å². The first-order valence-electron chi connectivity index (χ1n) is 9.12. The van der Waals surface area contributed by atoms with E-state index in [9.17, 15) is 9.59 Å². The highest BCUT2D eigenvalue weighted by Gasteiger charge is 2.24. The number of aliphatic carboxylic acids is 1. The number of nitrogens with zero attached hydrogens (tertiary/aromatic N) is 1. The minimum Gasteiger partial charge on any atom is -0.497 e. The fourth-order valence-electron chi connectivity index (χ4n) is 3.73. The monoisotopic (exact) mass is 355 g/mol. The molecule has 2 aromatic carbocycles. The number of methoxy groups -OCH3 is 1. The molecule has 0 aromatic heterocycles. The summed E-state index contributed by atoms with van der Waals surface area (Å²) >= 11 is 0. The zero-order valence-electron chi connectivity index (χ0n) is 15.1. The molecule has 1 aliphatic rings. The molecule has 0 radical (unpaired) electrons. The molecule has 1 aliphatic heterocycles. The first-order chi connectivity index (χ1) is 12.6. The second-order valence-electron chi connectivity index (χ2n) is 6.96. The summed E-state index contributed by atoms with van der Waals surface area (Å²) in [5.74, 6) is 0.416. The topological polar surface area (TPSA) is 66.8 Å². The first-order valence-corrected chi connectivity index (χ1v) is 9.12. The Balaban J connectivity index is 1.71. The summed E-state index contributed by atoms with van der Waals surface area (Å²) in [4.78, 5) is 25.5. The smallest absolute Gasteiger partial charge is 0.303 e. The molecule has 0 bridgehead atoms. The van der Waals surface area contributed by atoms with Crippen LogP contribution in [0.25, 0.3) is 10.8 Å². The van der Waals surface area contributed by atoms with Gasteiger partial charge in [-0.05, 0) is 53.6 Å². The van der Waals surface area contributed by atoms with E-state index in [2.05, 4.69) is 0 Å². The van der Waals surface area contributed by atoms with Crippen LogP contribution in [0.3, 0.4) is 0 Å². The lowest BCUT2D eigenvalue weighted by molar-refractivity contribution is -0.137. The van der Waals surface area contributed by atoms with Crippen LogP contribution in [-0.2, 0) is 16.0 Å². The highest BCUT2D eigenvalue weighted by atomic mass is 16.5. The van der Waals surface area contributed by atoms with Crippen molar-refractivity contribution >= 4 is 22.6 Å². The van der Waals surface area contributed by atoms with Crippen molar-refractivity contribution in [3.63, 3.8) is 0 Å². The number of carboxylic acids is 1. The van der Waals surface area contributed by atoms with Gasteiger partial charge in [-0.1, -0.05) is 24.3 Å². The summed E-state index contributed by atoms with van der Waals surface area (Å²) in [7, 11) is 1.64. The molecular weight excluding hydrogens is 330 g/mol. The number of hydrogen-bond acceptors (Lipinski definition) is 3. The average molecular weight is 355 g/mol.